The summed E-state index contributed by atoms with van der Waals surface area (Å²) >= 11 is 1.49. The summed E-state index contributed by atoms with van der Waals surface area (Å²) in [5, 5.41) is 4.06. The first-order valence-electron chi connectivity index (χ1n) is 8.88. The number of halogens is 1. The Kier molecular flexibility index (Phi) is 4.85. The number of amides is 1. The lowest BCUT2D eigenvalue weighted by Crippen LogP contribution is -2.47. The van der Waals surface area contributed by atoms with Crippen LogP contribution in [-0.4, -0.2) is 43.2 Å². The van der Waals surface area contributed by atoms with Crippen LogP contribution in [-0.2, 0) is 9.53 Å². The summed E-state index contributed by atoms with van der Waals surface area (Å²) in [5.41, 5.74) is 0.815. The van der Waals surface area contributed by atoms with Crippen molar-refractivity contribution < 1.29 is 13.9 Å². The van der Waals surface area contributed by atoms with Crippen molar-refractivity contribution in [1.82, 2.24) is 10.3 Å². The van der Waals surface area contributed by atoms with Crippen LogP contribution in [0.25, 0.3) is 10.2 Å². The highest BCUT2D eigenvalue weighted by Crippen LogP contribution is 2.32. The second kappa shape index (κ2) is 7.25. The lowest BCUT2D eigenvalue weighted by molar-refractivity contribution is -0.126. The number of nitrogens with one attached hydrogen (secondary N) is 1. The van der Waals surface area contributed by atoms with Gasteiger partial charge >= 0.3 is 0 Å². The maximum absolute atomic E-state index is 13.4. The highest BCUT2D eigenvalue weighted by atomic mass is 32.1. The second-order valence-corrected chi connectivity index (χ2v) is 7.80. The van der Waals surface area contributed by atoms with Gasteiger partial charge in [-0.3, -0.25) is 4.79 Å². The molecule has 0 spiro atoms. The molecule has 5 nitrogen and oxygen atoms in total. The molecule has 2 fully saturated rings. The summed E-state index contributed by atoms with van der Waals surface area (Å²) in [6.07, 6.45) is 3.67. The molecule has 0 radical (unpaired) electrons. The molecule has 4 rings (SSSR count). The fourth-order valence-corrected chi connectivity index (χ4v) is 4.57. The van der Waals surface area contributed by atoms with Crippen LogP contribution in [0.2, 0.25) is 0 Å². The number of aromatic nitrogens is 1. The van der Waals surface area contributed by atoms with Gasteiger partial charge < -0.3 is 15.0 Å². The Morgan fingerprint density at radius 1 is 1.32 bits per heavy atom. The maximum atomic E-state index is 13.4. The van der Waals surface area contributed by atoms with E-state index in [0.29, 0.717) is 6.54 Å². The van der Waals surface area contributed by atoms with Gasteiger partial charge in [-0.15, -0.1) is 0 Å². The predicted octanol–water partition coefficient (Wildman–Crippen LogP) is 2.95. The number of nitrogens with zero attached hydrogens (tertiary/aromatic N) is 2. The van der Waals surface area contributed by atoms with Crippen molar-refractivity contribution in [2.45, 2.75) is 31.7 Å². The average Bonchev–Trinajstić information content (AvgIpc) is 3.06. The standard InChI is InChI=1S/C18H22FN3O2S/c19-13-3-4-15-16(10-13)25-18(21-15)22-7-1-2-12(11-22)17(23)20-14-5-8-24-9-6-14/h3-4,10,12,14H,1-2,5-9,11H2,(H,20,23). The van der Waals surface area contributed by atoms with E-state index in [-0.39, 0.29) is 23.7 Å². The molecule has 2 aromatic rings. The van der Waals surface area contributed by atoms with Crippen molar-refractivity contribution in [1.29, 1.82) is 0 Å². The van der Waals surface area contributed by atoms with Gasteiger partial charge in [-0.05, 0) is 43.9 Å². The largest absolute Gasteiger partial charge is 0.381 e. The van der Waals surface area contributed by atoms with Crippen molar-refractivity contribution in [2.75, 3.05) is 31.2 Å². The molecule has 2 saturated heterocycles. The summed E-state index contributed by atoms with van der Waals surface area (Å²) in [6.45, 7) is 3.02. The first-order chi connectivity index (χ1) is 12.2. The predicted molar refractivity (Wildman–Crippen MR) is 96.5 cm³/mol. The van der Waals surface area contributed by atoms with Crippen LogP contribution in [0.15, 0.2) is 18.2 Å². The molecule has 7 heteroatoms. The molecule has 1 aromatic carbocycles. The molecule has 134 valence electrons. The third kappa shape index (κ3) is 3.77. The number of carbonyl (C=O) groups is 1. The fourth-order valence-electron chi connectivity index (χ4n) is 3.55. The Labute approximate surface area is 150 Å². The van der Waals surface area contributed by atoms with Gasteiger partial charge in [0.1, 0.15) is 5.82 Å². The quantitative estimate of drug-likeness (QED) is 0.911. The lowest BCUT2D eigenvalue weighted by atomic mass is 9.96. The van der Waals surface area contributed by atoms with Gasteiger partial charge in [0.05, 0.1) is 16.1 Å². The zero-order valence-electron chi connectivity index (χ0n) is 14.0. The lowest BCUT2D eigenvalue weighted by Gasteiger charge is -2.33. The SMILES string of the molecule is O=C(NC1CCOCC1)C1CCCN(c2nc3ccc(F)cc3s2)C1. The van der Waals surface area contributed by atoms with E-state index in [1.165, 1.54) is 23.5 Å². The van der Waals surface area contributed by atoms with Crippen LogP contribution in [0.3, 0.4) is 0 Å². The summed E-state index contributed by atoms with van der Waals surface area (Å²) in [6, 6.07) is 4.91. The first kappa shape index (κ1) is 16.7. The molecular weight excluding hydrogens is 341 g/mol. The van der Waals surface area contributed by atoms with E-state index in [2.05, 4.69) is 15.2 Å². The minimum absolute atomic E-state index is 0.0136. The Bertz CT molecular complexity index is 760. The summed E-state index contributed by atoms with van der Waals surface area (Å²) < 4.78 is 19.6. The van der Waals surface area contributed by atoms with Crippen LogP contribution in [0.1, 0.15) is 25.7 Å². The highest BCUT2D eigenvalue weighted by Gasteiger charge is 2.29. The molecule has 1 aromatic heterocycles. The molecule has 25 heavy (non-hydrogen) atoms. The number of ether oxygens (including phenoxy) is 1. The van der Waals surface area contributed by atoms with Crippen molar-refractivity contribution in [3.05, 3.63) is 24.0 Å². The van der Waals surface area contributed by atoms with Gasteiger partial charge in [-0.25, -0.2) is 9.37 Å². The summed E-state index contributed by atoms with van der Waals surface area (Å²) in [5.74, 6) is -0.112. The zero-order valence-corrected chi connectivity index (χ0v) is 14.9. The number of hydrogen-bond donors (Lipinski definition) is 1. The Morgan fingerprint density at radius 2 is 2.16 bits per heavy atom. The number of hydrogen-bond acceptors (Lipinski definition) is 5. The normalized spacial score (nSPS) is 22.3. The van der Waals surface area contributed by atoms with Crippen molar-refractivity contribution in [2.24, 2.45) is 5.92 Å². The van der Waals surface area contributed by atoms with E-state index in [1.807, 2.05) is 0 Å². The first-order valence-corrected chi connectivity index (χ1v) is 9.70. The molecule has 3 heterocycles. The van der Waals surface area contributed by atoms with Gasteiger partial charge in [0, 0.05) is 32.3 Å². The fraction of sp³-hybridized carbons (Fsp3) is 0.556. The third-order valence-corrected chi connectivity index (χ3v) is 6.05. The van der Waals surface area contributed by atoms with Gasteiger partial charge in [-0.2, -0.15) is 0 Å². The summed E-state index contributed by atoms with van der Waals surface area (Å²) in [4.78, 5) is 19.4. The van der Waals surface area contributed by atoms with Crippen molar-refractivity contribution in [3.8, 4) is 0 Å². The van der Waals surface area contributed by atoms with E-state index in [1.54, 1.807) is 6.07 Å². The van der Waals surface area contributed by atoms with Crippen molar-refractivity contribution in [3.63, 3.8) is 0 Å². The van der Waals surface area contributed by atoms with Gasteiger partial charge in [-0.1, -0.05) is 11.3 Å². The minimum Gasteiger partial charge on any atom is -0.381 e. The van der Waals surface area contributed by atoms with E-state index in [9.17, 15) is 9.18 Å². The van der Waals surface area contributed by atoms with Crippen LogP contribution in [0, 0.1) is 11.7 Å². The minimum atomic E-state index is -0.241. The number of piperidine rings is 1. The van der Waals surface area contributed by atoms with Crippen molar-refractivity contribution >= 4 is 32.6 Å². The van der Waals surface area contributed by atoms with Crippen LogP contribution < -0.4 is 10.2 Å². The average molecular weight is 363 g/mol. The molecule has 1 N–H and O–H groups in total. The van der Waals surface area contributed by atoms with Crippen LogP contribution in [0.5, 0.6) is 0 Å². The Morgan fingerprint density at radius 3 is 3.00 bits per heavy atom. The zero-order chi connectivity index (χ0) is 17.2. The maximum Gasteiger partial charge on any atom is 0.225 e. The molecule has 0 bridgehead atoms. The van der Waals surface area contributed by atoms with Gasteiger partial charge in [0.2, 0.25) is 5.91 Å². The monoisotopic (exact) mass is 363 g/mol. The molecule has 0 aliphatic carbocycles. The third-order valence-electron chi connectivity index (χ3n) is 4.97. The van der Waals surface area contributed by atoms with Gasteiger partial charge in [0.15, 0.2) is 5.13 Å². The number of carbonyl (C=O) groups excluding carboxylic acids is 1. The highest BCUT2D eigenvalue weighted by molar-refractivity contribution is 7.22. The molecule has 0 saturated carbocycles. The Hall–Kier alpha value is -1.73. The van der Waals surface area contributed by atoms with Gasteiger partial charge in [0.25, 0.3) is 0 Å². The second-order valence-electron chi connectivity index (χ2n) is 6.79. The topological polar surface area (TPSA) is 54.5 Å². The summed E-state index contributed by atoms with van der Waals surface area (Å²) in [7, 11) is 0. The van der Waals surface area contributed by atoms with E-state index < -0.39 is 0 Å². The number of thiazole rings is 1. The van der Waals surface area contributed by atoms with E-state index in [0.717, 1.165) is 60.8 Å². The number of benzene rings is 1. The molecular formula is C18H22FN3O2S. The number of fused-ring (bicyclic) bond motifs is 1. The Balaban J connectivity index is 1.43. The smallest absolute Gasteiger partial charge is 0.225 e. The molecule has 2 aliphatic rings. The number of rotatable bonds is 3. The van der Waals surface area contributed by atoms with E-state index in [4.69, 9.17) is 4.74 Å². The van der Waals surface area contributed by atoms with Crippen LogP contribution >= 0.6 is 11.3 Å². The number of anilines is 1. The molecule has 1 unspecified atom stereocenters. The van der Waals surface area contributed by atoms with Crippen LogP contribution in [0.4, 0.5) is 9.52 Å². The molecule has 1 atom stereocenters. The van der Waals surface area contributed by atoms with E-state index >= 15 is 0 Å². The molecule has 1 amide bonds. The molecule has 2 aliphatic heterocycles.